The second-order valence-electron chi connectivity index (χ2n) is 5.73. The third kappa shape index (κ3) is 1.47. The first-order chi connectivity index (χ1) is 9.71. The van der Waals surface area contributed by atoms with Gasteiger partial charge in [-0.15, -0.1) is 0 Å². The van der Waals surface area contributed by atoms with Crippen LogP contribution in [-0.4, -0.2) is 35.1 Å². The lowest BCUT2D eigenvalue weighted by Gasteiger charge is -2.51. The van der Waals surface area contributed by atoms with Gasteiger partial charge in [0, 0.05) is 12.5 Å². The molecule has 3 atom stereocenters. The molecule has 0 unspecified atom stereocenters. The molecule has 0 aromatic heterocycles. The van der Waals surface area contributed by atoms with Crippen molar-refractivity contribution in [2.24, 2.45) is 5.92 Å². The lowest BCUT2D eigenvalue weighted by molar-refractivity contribution is -0.191. The summed E-state index contributed by atoms with van der Waals surface area (Å²) in [6.07, 6.45) is 1.56. The number of piperazine rings is 1. The number of piperidine rings is 2. The van der Waals surface area contributed by atoms with Crippen LogP contribution in [0.25, 0.3) is 0 Å². The van der Waals surface area contributed by atoms with Gasteiger partial charge < -0.3 is 15.0 Å². The van der Waals surface area contributed by atoms with Crippen molar-refractivity contribution < 1.29 is 14.3 Å². The lowest BCUT2D eigenvalue weighted by atomic mass is 9.78. The molecule has 0 radical (unpaired) electrons. The zero-order chi connectivity index (χ0) is 13.7. The van der Waals surface area contributed by atoms with Crippen LogP contribution in [0.2, 0.25) is 0 Å². The highest BCUT2D eigenvalue weighted by Gasteiger charge is 2.64. The number of hydrogen-bond donors (Lipinski definition) is 1. The summed E-state index contributed by atoms with van der Waals surface area (Å²) < 4.78 is 5.66. The molecule has 4 heterocycles. The summed E-state index contributed by atoms with van der Waals surface area (Å²) in [6.45, 7) is 1.01. The second-order valence-corrected chi connectivity index (χ2v) is 5.73. The molecule has 2 bridgehead atoms. The lowest BCUT2D eigenvalue weighted by Crippen LogP contribution is -2.76. The number of nitrogens with zero attached hydrogens (tertiary/aromatic N) is 1. The topological polar surface area (TPSA) is 58.6 Å². The van der Waals surface area contributed by atoms with E-state index in [-0.39, 0.29) is 23.8 Å². The van der Waals surface area contributed by atoms with Gasteiger partial charge in [-0.05, 0) is 18.4 Å². The normalized spacial score (nSPS) is 35.1. The van der Waals surface area contributed by atoms with E-state index in [9.17, 15) is 9.59 Å². The fourth-order valence-corrected chi connectivity index (χ4v) is 3.62. The molecule has 1 aromatic carbocycles. The van der Waals surface area contributed by atoms with E-state index in [4.69, 9.17) is 4.74 Å². The first kappa shape index (κ1) is 11.9. The SMILES string of the molecule is O=C1N[C@]23OCC[C@@H]2C[C@H]1N(Cc1ccccc1)C3=O. The molecule has 4 fully saturated rings. The Morgan fingerprint density at radius 3 is 2.90 bits per heavy atom. The summed E-state index contributed by atoms with van der Waals surface area (Å²) in [5.74, 6) is -0.0388. The van der Waals surface area contributed by atoms with Gasteiger partial charge in [-0.2, -0.15) is 0 Å². The number of rotatable bonds is 2. The zero-order valence-corrected chi connectivity index (χ0v) is 11.0. The summed E-state index contributed by atoms with van der Waals surface area (Å²) in [6, 6.07) is 9.41. The predicted molar refractivity (Wildman–Crippen MR) is 70.3 cm³/mol. The average Bonchev–Trinajstić information content (AvgIpc) is 2.87. The molecule has 104 valence electrons. The Bertz CT molecular complexity index is 574. The van der Waals surface area contributed by atoms with Crippen LogP contribution >= 0.6 is 0 Å². The minimum absolute atomic E-state index is 0.0836. The number of nitrogens with one attached hydrogen (secondary N) is 1. The molecular weight excluding hydrogens is 256 g/mol. The van der Waals surface area contributed by atoms with E-state index in [0.29, 0.717) is 19.6 Å². The highest BCUT2D eigenvalue weighted by Crippen LogP contribution is 2.44. The molecule has 20 heavy (non-hydrogen) atoms. The highest BCUT2D eigenvalue weighted by molar-refractivity contribution is 6.00. The van der Waals surface area contributed by atoms with E-state index in [2.05, 4.69) is 5.32 Å². The largest absolute Gasteiger partial charge is 0.347 e. The molecule has 4 saturated heterocycles. The monoisotopic (exact) mass is 272 g/mol. The Hall–Kier alpha value is -1.88. The van der Waals surface area contributed by atoms with E-state index < -0.39 is 5.72 Å². The van der Waals surface area contributed by atoms with Crippen LogP contribution in [0.1, 0.15) is 18.4 Å². The standard InChI is InChI=1S/C15H16N2O3/c18-13-12-8-11-6-7-20-15(11,16-13)14(19)17(12)9-10-4-2-1-3-5-10/h1-5,11-12H,6-9H2,(H,16,18)/t11-,12-,15+/m1/s1. The van der Waals surface area contributed by atoms with Crippen LogP contribution < -0.4 is 5.32 Å². The molecule has 4 aliphatic heterocycles. The van der Waals surface area contributed by atoms with Crippen LogP contribution in [0.4, 0.5) is 0 Å². The number of carbonyl (C=O) groups is 2. The van der Waals surface area contributed by atoms with E-state index in [1.165, 1.54) is 0 Å². The molecule has 0 saturated carbocycles. The van der Waals surface area contributed by atoms with Crippen molar-refractivity contribution in [3.8, 4) is 0 Å². The van der Waals surface area contributed by atoms with Crippen molar-refractivity contribution in [3.05, 3.63) is 35.9 Å². The van der Waals surface area contributed by atoms with Crippen LogP contribution in [0.3, 0.4) is 0 Å². The van der Waals surface area contributed by atoms with Gasteiger partial charge in [-0.1, -0.05) is 30.3 Å². The quantitative estimate of drug-likeness (QED) is 0.860. The molecule has 1 aromatic rings. The maximum atomic E-state index is 12.7. The van der Waals surface area contributed by atoms with Gasteiger partial charge in [0.25, 0.3) is 5.91 Å². The van der Waals surface area contributed by atoms with E-state index in [0.717, 1.165) is 12.0 Å². The van der Waals surface area contributed by atoms with Crippen LogP contribution in [0.15, 0.2) is 30.3 Å². The third-order valence-electron chi connectivity index (χ3n) is 4.64. The fraction of sp³-hybridized carbons (Fsp3) is 0.467. The smallest absolute Gasteiger partial charge is 0.277 e. The van der Waals surface area contributed by atoms with E-state index >= 15 is 0 Å². The van der Waals surface area contributed by atoms with Gasteiger partial charge in [-0.3, -0.25) is 9.59 Å². The third-order valence-corrected chi connectivity index (χ3v) is 4.64. The van der Waals surface area contributed by atoms with Crippen molar-refractivity contribution in [1.29, 1.82) is 0 Å². The van der Waals surface area contributed by atoms with Crippen molar-refractivity contribution >= 4 is 11.8 Å². The summed E-state index contributed by atoms with van der Waals surface area (Å²) in [7, 11) is 0. The Kier molecular flexibility index (Phi) is 2.41. The Labute approximate surface area is 116 Å². The average molecular weight is 272 g/mol. The zero-order valence-electron chi connectivity index (χ0n) is 11.0. The predicted octanol–water partition coefficient (Wildman–Crippen LogP) is 0.650. The van der Waals surface area contributed by atoms with Gasteiger partial charge >= 0.3 is 0 Å². The summed E-state index contributed by atoms with van der Waals surface area (Å²) in [5.41, 5.74) is -0.0483. The van der Waals surface area contributed by atoms with Crippen LogP contribution in [-0.2, 0) is 20.9 Å². The number of benzene rings is 1. The Balaban J connectivity index is 1.68. The summed E-state index contributed by atoms with van der Waals surface area (Å²) >= 11 is 0. The Morgan fingerprint density at radius 1 is 1.30 bits per heavy atom. The van der Waals surface area contributed by atoms with Crippen LogP contribution in [0.5, 0.6) is 0 Å². The number of carbonyl (C=O) groups excluding carboxylic acids is 2. The van der Waals surface area contributed by atoms with Gasteiger partial charge in [0.15, 0.2) is 0 Å². The highest BCUT2D eigenvalue weighted by atomic mass is 16.5. The number of amides is 2. The Morgan fingerprint density at radius 2 is 2.10 bits per heavy atom. The van der Waals surface area contributed by atoms with Crippen molar-refractivity contribution in [2.75, 3.05) is 6.61 Å². The molecule has 5 heteroatoms. The van der Waals surface area contributed by atoms with Gasteiger partial charge in [0.1, 0.15) is 6.04 Å². The summed E-state index contributed by atoms with van der Waals surface area (Å²) in [5, 5.41) is 2.80. The van der Waals surface area contributed by atoms with Gasteiger partial charge in [-0.25, -0.2) is 0 Å². The maximum absolute atomic E-state index is 12.7. The summed E-state index contributed by atoms with van der Waals surface area (Å²) in [4.78, 5) is 26.6. The van der Waals surface area contributed by atoms with Gasteiger partial charge in [0.2, 0.25) is 11.6 Å². The fourth-order valence-electron chi connectivity index (χ4n) is 3.62. The van der Waals surface area contributed by atoms with Gasteiger partial charge in [0.05, 0.1) is 6.61 Å². The van der Waals surface area contributed by atoms with Crippen molar-refractivity contribution in [3.63, 3.8) is 0 Å². The molecule has 1 N–H and O–H groups in total. The first-order valence-electron chi connectivity index (χ1n) is 7.02. The van der Waals surface area contributed by atoms with Crippen LogP contribution in [0, 0.1) is 5.92 Å². The molecule has 4 aliphatic rings. The minimum Gasteiger partial charge on any atom is -0.347 e. The molecule has 1 spiro atoms. The molecule has 5 rings (SSSR count). The number of ether oxygens (including phenoxy) is 1. The molecule has 5 nitrogen and oxygen atoms in total. The van der Waals surface area contributed by atoms with Crippen molar-refractivity contribution in [1.82, 2.24) is 10.2 Å². The maximum Gasteiger partial charge on any atom is 0.277 e. The molecular formula is C15H16N2O3. The number of fused-ring (bicyclic) bond motifs is 2. The minimum atomic E-state index is -1.08. The van der Waals surface area contributed by atoms with E-state index in [1.54, 1.807) is 4.90 Å². The van der Waals surface area contributed by atoms with E-state index in [1.807, 2.05) is 30.3 Å². The number of hydrogen-bond acceptors (Lipinski definition) is 3. The second kappa shape index (κ2) is 4.06. The molecule has 2 amide bonds. The first-order valence-corrected chi connectivity index (χ1v) is 7.02. The van der Waals surface area contributed by atoms with Crippen molar-refractivity contribution in [2.45, 2.75) is 31.2 Å². The molecule has 0 aliphatic carbocycles.